The van der Waals surface area contributed by atoms with Gasteiger partial charge < -0.3 is 5.73 Å². The third-order valence-electron chi connectivity index (χ3n) is 1.85. The number of nitrogen functional groups attached to an aromatic ring is 1. The van der Waals surface area contributed by atoms with Crippen LogP contribution < -0.4 is 5.73 Å². The van der Waals surface area contributed by atoms with Crippen LogP contribution in [0.2, 0.25) is 0 Å². The van der Waals surface area contributed by atoms with Crippen molar-refractivity contribution >= 4 is 18.1 Å². The SMILES string of the molecule is C=CCc1cccc(N)c1C.Cl. The lowest BCUT2D eigenvalue weighted by Crippen LogP contribution is -1.93. The van der Waals surface area contributed by atoms with Gasteiger partial charge in [0.1, 0.15) is 0 Å². The first-order valence-electron chi connectivity index (χ1n) is 3.70. The van der Waals surface area contributed by atoms with Gasteiger partial charge in [-0.2, -0.15) is 0 Å². The molecule has 0 unspecified atom stereocenters. The number of nitrogens with two attached hydrogens (primary N) is 1. The van der Waals surface area contributed by atoms with Crippen LogP contribution in [0.15, 0.2) is 30.9 Å². The van der Waals surface area contributed by atoms with Gasteiger partial charge in [-0.15, -0.1) is 19.0 Å². The lowest BCUT2D eigenvalue weighted by molar-refractivity contribution is 1.22. The molecule has 0 amide bonds. The highest BCUT2D eigenvalue weighted by molar-refractivity contribution is 5.85. The van der Waals surface area contributed by atoms with Crippen molar-refractivity contribution in [3.05, 3.63) is 42.0 Å². The fourth-order valence-electron chi connectivity index (χ4n) is 1.08. The maximum absolute atomic E-state index is 5.72. The molecule has 0 spiro atoms. The van der Waals surface area contributed by atoms with E-state index in [9.17, 15) is 0 Å². The summed E-state index contributed by atoms with van der Waals surface area (Å²) in [5, 5.41) is 0. The molecule has 1 aromatic carbocycles. The Morgan fingerprint density at radius 1 is 1.50 bits per heavy atom. The fourth-order valence-corrected chi connectivity index (χ4v) is 1.08. The summed E-state index contributed by atoms with van der Waals surface area (Å²) in [4.78, 5) is 0. The summed E-state index contributed by atoms with van der Waals surface area (Å²) in [6.07, 6.45) is 2.79. The lowest BCUT2D eigenvalue weighted by atomic mass is 10.0. The first kappa shape index (κ1) is 11.1. The molecule has 0 bridgehead atoms. The minimum absolute atomic E-state index is 0. The van der Waals surface area contributed by atoms with E-state index in [1.165, 1.54) is 11.1 Å². The first-order valence-corrected chi connectivity index (χ1v) is 3.70. The Kier molecular flexibility index (Phi) is 4.45. The monoisotopic (exact) mass is 183 g/mol. The van der Waals surface area contributed by atoms with E-state index < -0.39 is 0 Å². The molecule has 0 aliphatic carbocycles. The Labute approximate surface area is 79.7 Å². The van der Waals surface area contributed by atoms with Crippen LogP contribution in [0.5, 0.6) is 0 Å². The Hall–Kier alpha value is -0.950. The van der Waals surface area contributed by atoms with E-state index in [0.717, 1.165) is 12.1 Å². The van der Waals surface area contributed by atoms with Crippen LogP contribution in [0.4, 0.5) is 5.69 Å². The second-order valence-electron chi connectivity index (χ2n) is 2.62. The second kappa shape index (κ2) is 4.83. The van der Waals surface area contributed by atoms with Gasteiger partial charge in [-0.1, -0.05) is 18.2 Å². The van der Waals surface area contributed by atoms with Crippen molar-refractivity contribution in [1.29, 1.82) is 0 Å². The zero-order chi connectivity index (χ0) is 8.27. The first-order chi connectivity index (χ1) is 5.25. The summed E-state index contributed by atoms with van der Waals surface area (Å²) in [6, 6.07) is 5.97. The zero-order valence-corrected chi connectivity index (χ0v) is 8.03. The molecule has 0 saturated carbocycles. The van der Waals surface area contributed by atoms with E-state index in [1.54, 1.807) is 0 Å². The molecule has 0 aliphatic rings. The Morgan fingerprint density at radius 3 is 2.75 bits per heavy atom. The molecule has 2 heteroatoms. The number of hydrogen-bond acceptors (Lipinski definition) is 1. The van der Waals surface area contributed by atoms with Crippen molar-refractivity contribution in [3.8, 4) is 0 Å². The van der Waals surface area contributed by atoms with E-state index in [0.29, 0.717) is 0 Å². The second-order valence-corrected chi connectivity index (χ2v) is 2.62. The topological polar surface area (TPSA) is 26.0 Å². The summed E-state index contributed by atoms with van der Waals surface area (Å²) in [6.45, 7) is 5.72. The molecule has 2 N–H and O–H groups in total. The van der Waals surface area contributed by atoms with Gasteiger partial charge in [-0.3, -0.25) is 0 Å². The van der Waals surface area contributed by atoms with Gasteiger partial charge in [-0.05, 0) is 30.5 Å². The lowest BCUT2D eigenvalue weighted by Gasteiger charge is -2.04. The van der Waals surface area contributed by atoms with E-state index in [4.69, 9.17) is 5.73 Å². The number of rotatable bonds is 2. The summed E-state index contributed by atoms with van der Waals surface area (Å²) in [5.74, 6) is 0. The Bertz CT molecular complexity index is 269. The molecule has 0 aliphatic heterocycles. The standard InChI is InChI=1S/C10H13N.ClH/c1-3-5-9-6-4-7-10(11)8(9)2;/h3-4,6-7H,1,5,11H2,2H3;1H. The summed E-state index contributed by atoms with van der Waals surface area (Å²) < 4.78 is 0. The number of allylic oxidation sites excluding steroid dienone is 1. The predicted molar refractivity (Wildman–Crippen MR) is 56.7 cm³/mol. The normalized spacial score (nSPS) is 8.75. The third-order valence-corrected chi connectivity index (χ3v) is 1.85. The van der Waals surface area contributed by atoms with Crippen molar-refractivity contribution in [2.75, 3.05) is 5.73 Å². The largest absolute Gasteiger partial charge is 0.399 e. The zero-order valence-electron chi connectivity index (χ0n) is 7.21. The molecule has 12 heavy (non-hydrogen) atoms. The molecular formula is C10H14ClN. The van der Waals surface area contributed by atoms with Crippen LogP contribution in [0.1, 0.15) is 11.1 Å². The predicted octanol–water partition coefficient (Wildman–Crippen LogP) is 2.73. The highest BCUT2D eigenvalue weighted by atomic mass is 35.5. The Balaban J connectivity index is 0.00000121. The van der Waals surface area contributed by atoms with Crippen LogP contribution in [0, 0.1) is 6.92 Å². The number of benzene rings is 1. The van der Waals surface area contributed by atoms with Gasteiger partial charge >= 0.3 is 0 Å². The number of anilines is 1. The van der Waals surface area contributed by atoms with Gasteiger partial charge in [0.2, 0.25) is 0 Å². The van der Waals surface area contributed by atoms with Gasteiger partial charge in [0.25, 0.3) is 0 Å². The molecule has 0 heterocycles. The smallest absolute Gasteiger partial charge is 0.0346 e. The molecule has 1 aromatic rings. The highest BCUT2D eigenvalue weighted by Gasteiger charge is 1.97. The quantitative estimate of drug-likeness (QED) is 0.554. The van der Waals surface area contributed by atoms with Crippen LogP contribution >= 0.6 is 12.4 Å². The maximum Gasteiger partial charge on any atom is 0.0346 e. The summed E-state index contributed by atoms with van der Waals surface area (Å²) in [7, 11) is 0. The van der Waals surface area contributed by atoms with E-state index in [2.05, 4.69) is 12.6 Å². The van der Waals surface area contributed by atoms with Crippen LogP contribution in [-0.2, 0) is 6.42 Å². The molecule has 0 saturated heterocycles. The van der Waals surface area contributed by atoms with E-state index in [-0.39, 0.29) is 12.4 Å². The van der Waals surface area contributed by atoms with Crippen LogP contribution in [-0.4, -0.2) is 0 Å². The molecule has 0 radical (unpaired) electrons. The van der Waals surface area contributed by atoms with Crippen LogP contribution in [0.3, 0.4) is 0 Å². The van der Waals surface area contributed by atoms with Crippen LogP contribution in [0.25, 0.3) is 0 Å². The molecule has 0 fully saturated rings. The highest BCUT2D eigenvalue weighted by Crippen LogP contribution is 2.15. The average molecular weight is 184 g/mol. The molecular weight excluding hydrogens is 170 g/mol. The molecule has 1 rings (SSSR count). The van der Waals surface area contributed by atoms with Gasteiger partial charge in [-0.25, -0.2) is 0 Å². The molecule has 66 valence electrons. The Morgan fingerprint density at radius 2 is 2.17 bits per heavy atom. The van der Waals surface area contributed by atoms with Gasteiger partial charge in [0, 0.05) is 5.69 Å². The molecule has 0 aromatic heterocycles. The van der Waals surface area contributed by atoms with Crippen molar-refractivity contribution in [2.45, 2.75) is 13.3 Å². The number of halogens is 1. The van der Waals surface area contributed by atoms with Crippen molar-refractivity contribution in [2.24, 2.45) is 0 Å². The van der Waals surface area contributed by atoms with Gasteiger partial charge in [0.05, 0.1) is 0 Å². The van der Waals surface area contributed by atoms with Crippen molar-refractivity contribution in [3.63, 3.8) is 0 Å². The minimum Gasteiger partial charge on any atom is -0.399 e. The van der Waals surface area contributed by atoms with Crippen molar-refractivity contribution < 1.29 is 0 Å². The summed E-state index contributed by atoms with van der Waals surface area (Å²) in [5.41, 5.74) is 9.02. The fraction of sp³-hybridized carbons (Fsp3) is 0.200. The van der Waals surface area contributed by atoms with E-state index >= 15 is 0 Å². The molecule has 0 atom stereocenters. The third kappa shape index (κ3) is 2.28. The van der Waals surface area contributed by atoms with E-state index in [1.807, 2.05) is 25.1 Å². The summed E-state index contributed by atoms with van der Waals surface area (Å²) >= 11 is 0. The molecule has 1 nitrogen and oxygen atoms in total. The maximum atomic E-state index is 5.72. The number of hydrogen-bond donors (Lipinski definition) is 1. The average Bonchev–Trinajstić information content (AvgIpc) is 1.99. The van der Waals surface area contributed by atoms with Gasteiger partial charge in [0.15, 0.2) is 0 Å². The minimum atomic E-state index is 0. The van der Waals surface area contributed by atoms with Crippen molar-refractivity contribution in [1.82, 2.24) is 0 Å².